The first kappa shape index (κ1) is 28.6. The minimum Gasteiger partial charge on any atom is -0.349 e. The summed E-state index contributed by atoms with van der Waals surface area (Å²) < 4.78 is 68.6. The maximum absolute atomic E-state index is 13.8. The minimum absolute atomic E-state index is 0.267. The van der Waals surface area contributed by atoms with Crippen molar-refractivity contribution in [2.24, 2.45) is 0 Å². The van der Waals surface area contributed by atoms with Gasteiger partial charge in [-0.1, -0.05) is 30.7 Å². The Hall–Kier alpha value is -2.43. The number of carbonyl (C=O) groups excluding carboxylic acids is 1. The van der Waals surface area contributed by atoms with Gasteiger partial charge >= 0.3 is 6.18 Å². The number of hydrogen-bond acceptors (Lipinski definition) is 4. The van der Waals surface area contributed by atoms with E-state index in [1.165, 1.54) is 43.0 Å². The molecule has 0 unspecified atom stereocenters. The Morgan fingerprint density at radius 2 is 1.76 bits per heavy atom. The van der Waals surface area contributed by atoms with Crippen LogP contribution in [-0.4, -0.2) is 44.5 Å². The van der Waals surface area contributed by atoms with Crippen molar-refractivity contribution < 1.29 is 26.4 Å². The summed E-state index contributed by atoms with van der Waals surface area (Å²) in [6.07, 6.45) is 0.00526. The number of alkyl halides is 3. The Bertz CT molecular complexity index is 1260. The molecule has 1 fully saturated rings. The highest BCUT2D eigenvalue weighted by molar-refractivity contribution is 7.89. The maximum atomic E-state index is 13.8. The molecule has 0 radical (unpaired) electrons. The molecule has 1 aliphatic carbocycles. The molecule has 2 aliphatic rings. The van der Waals surface area contributed by atoms with E-state index < -0.39 is 40.6 Å². The van der Waals surface area contributed by atoms with Crippen molar-refractivity contribution in [2.45, 2.75) is 88.5 Å². The zero-order valence-electron chi connectivity index (χ0n) is 21.9. The molecule has 0 bridgehead atoms. The van der Waals surface area contributed by atoms with Crippen molar-refractivity contribution in [3.05, 3.63) is 64.2 Å². The van der Waals surface area contributed by atoms with E-state index in [1.807, 2.05) is 12.1 Å². The maximum Gasteiger partial charge on any atom is 0.405 e. The molecule has 2 N–H and O–H groups in total. The zero-order valence-corrected chi connectivity index (χ0v) is 22.7. The summed E-state index contributed by atoms with van der Waals surface area (Å²) in [5.74, 6) is -0.842. The molecular formula is C28H36F3N3O3S. The fraction of sp³-hybridized carbons (Fsp3) is 0.536. The first-order valence-corrected chi connectivity index (χ1v) is 14.7. The molecule has 2 aromatic rings. The second kappa shape index (κ2) is 11.8. The van der Waals surface area contributed by atoms with Crippen LogP contribution in [-0.2, 0) is 27.8 Å². The number of fused-ring (bicyclic) bond motifs is 1. The van der Waals surface area contributed by atoms with Crippen molar-refractivity contribution in [1.82, 2.24) is 14.9 Å². The molecule has 2 atom stereocenters. The summed E-state index contributed by atoms with van der Waals surface area (Å²) in [4.78, 5) is 14.9. The molecule has 0 spiro atoms. The standard InChI is InChI=1S/C28H36F3N3O3S/c1-19-9-11-23(15-20(19)2)38(36,37)33-26(28(29,30)31)17-27(35)32-25-8-6-7-22-16-21(10-12-24(22)25)18-34-13-4-3-5-14-34/h9-12,15-16,25-26,33H,3-8,13-14,17-18H2,1-2H3,(H,32,35)/t25-,26-/m1/s1. The van der Waals surface area contributed by atoms with Crippen LogP contribution in [0.3, 0.4) is 0 Å². The van der Waals surface area contributed by atoms with E-state index in [-0.39, 0.29) is 4.90 Å². The Labute approximate surface area is 223 Å². The van der Waals surface area contributed by atoms with Gasteiger partial charge in [0.15, 0.2) is 0 Å². The van der Waals surface area contributed by atoms with E-state index in [2.05, 4.69) is 16.3 Å². The number of amides is 1. The Morgan fingerprint density at radius 3 is 2.45 bits per heavy atom. The van der Waals surface area contributed by atoms with Gasteiger partial charge < -0.3 is 5.32 Å². The van der Waals surface area contributed by atoms with Crippen molar-refractivity contribution in [3.63, 3.8) is 0 Å². The molecule has 4 rings (SSSR count). The van der Waals surface area contributed by atoms with Crippen molar-refractivity contribution in [2.75, 3.05) is 13.1 Å². The third kappa shape index (κ3) is 7.15. The lowest BCUT2D eigenvalue weighted by Gasteiger charge is -2.30. The number of carbonyl (C=O) groups is 1. The molecule has 1 aliphatic heterocycles. The van der Waals surface area contributed by atoms with E-state index in [0.717, 1.165) is 49.2 Å². The zero-order chi connectivity index (χ0) is 27.5. The highest BCUT2D eigenvalue weighted by Crippen LogP contribution is 2.32. The third-order valence-corrected chi connectivity index (χ3v) is 9.05. The Balaban J connectivity index is 1.43. The summed E-state index contributed by atoms with van der Waals surface area (Å²) in [7, 11) is -4.48. The van der Waals surface area contributed by atoms with Crippen LogP contribution >= 0.6 is 0 Å². The molecule has 38 heavy (non-hydrogen) atoms. The van der Waals surface area contributed by atoms with Crippen LogP contribution in [0.5, 0.6) is 0 Å². The molecule has 1 amide bonds. The Morgan fingerprint density at radius 1 is 1.03 bits per heavy atom. The number of rotatable bonds is 8. The predicted molar refractivity (Wildman–Crippen MR) is 140 cm³/mol. The van der Waals surface area contributed by atoms with Crippen LogP contribution in [0.4, 0.5) is 13.2 Å². The topological polar surface area (TPSA) is 78.5 Å². The molecule has 1 saturated heterocycles. The van der Waals surface area contributed by atoms with Crippen LogP contribution in [0.15, 0.2) is 41.3 Å². The molecular weight excluding hydrogens is 515 g/mol. The summed E-state index contributed by atoms with van der Waals surface area (Å²) in [6, 6.07) is 7.34. The van der Waals surface area contributed by atoms with Crippen molar-refractivity contribution >= 4 is 15.9 Å². The van der Waals surface area contributed by atoms with Gasteiger partial charge in [-0.3, -0.25) is 9.69 Å². The number of sulfonamides is 1. The van der Waals surface area contributed by atoms with Crippen molar-refractivity contribution in [1.29, 1.82) is 0 Å². The minimum atomic E-state index is -4.93. The van der Waals surface area contributed by atoms with Crippen LogP contribution < -0.4 is 10.0 Å². The average molecular weight is 552 g/mol. The van der Waals surface area contributed by atoms with Gasteiger partial charge in [0, 0.05) is 6.54 Å². The first-order valence-electron chi connectivity index (χ1n) is 13.2. The second-order valence-electron chi connectivity index (χ2n) is 10.5. The second-order valence-corrected chi connectivity index (χ2v) is 12.3. The van der Waals surface area contributed by atoms with E-state index in [0.29, 0.717) is 12.0 Å². The Kier molecular flexibility index (Phi) is 8.84. The molecule has 1 heterocycles. The van der Waals surface area contributed by atoms with E-state index in [1.54, 1.807) is 18.6 Å². The third-order valence-electron chi connectivity index (χ3n) is 7.58. The number of aryl methyl sites for hydroxylation is 3. The molecule has 0 aromatic heterocycles. The largest absolute Gasteiger partial charge is 0.405 e. The normalized spacial score (nSPS) is 19.6. The molecule has 0 saturated carbocycles. The number of piperidine rings is 1. The van der Waals surface area contributed by atoms with Crippen LogP contribution in [0.2, 0.25) is 0 Å². The van der Waals surface area contributed by atoms with Crippen molar-refractivity contribution in [3.8, 4) is 0 Å². The van der Waals surface area contributed by atoms with E-state index >= 15 is 0 Å². The van der Waals surface area contributed by atoms with E-state index in [4.69, 9.17) is 0 Å². The molecule has 208 valence electrons. The molecule has 10 heteroatoms. The number of nitrogens with one attached hydrogen (secondary N) is 2. The number of halogens is 3. The lowest BCUT2D eigenvalue weighted by Crippen LogP contribution is -2.48. The quantitative estimate of drug-likeness (QED) is 0.480. The van der Waals surface area contributed by atoms with Crippen LogP contribution in [0.25, 0.3) is 0 Å². The van der Waals surface area contributed by atoms with E-state index in [9.17, 15) is 26.4 Å². The van der Waals surface area contributed by atoms with Gasteiger partial charge in [-0.25, -0.2) is 8.42 Å². The van der Waals surface area contributed by atoms with Gasteiger partial charge in [0.05, 0.1) is 17.4 Å². The fourth-order valence-electron chi connectivity index (χ4n) is 5.29. The molecule has 2 aromatic carbocycles. The van der Waals surface area contributed by atoms with Crippen LogP contribution in [0.1, 0.15) is 72.4 Å². The summed E-state index contributed by atoms with van der Waals surface area (Å²) in [5, 5.41) is 2.74. The smallest absolute Gasteiger partial charge is 0.349 e. The van der Waals surface area contributed by atoms with Gasteiger partial charge in [0.2, 0.25) is 15.9 Å². The first-order chi connectivity index (χ1) is 17.9. The van der Waals surface area contributed by atoms with Gasteiger partial charge in [-0.05, 0) is 99.0 Å². The number of benzene rings is 2. The lowest BCUT2D eigenvalue weighted by atomic mass is 9.86. The monoisotopic (exact) mass is 551 g/mol. The molecule has 6 nitrogen and oxygen atoms in total. The summed E-state index contributed by atoms with van der Waals surface area (Å²) in [5.41, 5.74) is 4.70. The van der Waals surface area contributed by atoms with Gasteiger partial charge in [-0.2, -0.15) is 17.9 Å². The summed E-state index contributed by atoms with van der Waals surface area (Å²) in [6.45, 7) is 6.51. The lowest BCUT2D eigenvalue weighted by molar-refractivity contribution is -0.158. The number of likely N-dealkylation sites (tertiary alicyclic amines) is 1. The fourth-order valence-corrected chi connectivity index (χ4v) is 6.60. The van der Waals surface area contributed by atoms with Gasteiger partial charge in [0.25, 0.3) is 0 Å². The van der Waals surface area contributed by atoms with Gasteiger partial charge in [0.1, 0.15) is 6.04 Å². The highest BCUT2D eigenvalue weighted by Gasteiger charge is 2.44. The van der Waals surface area contributed by atoms with Crippen LogP contribution in [0, 0.1) is 13.8 Å². The SMILES string of the molecule is Cc1ccc(S(=O)(=O)N[C@H](CC(=O)N[C@@H]2CCCc3cc(CN4CCCCC4)ccc32)C(F)(F)F)cc1C. The highest BCUT2D eigenvalue weighted by atomic mass is 32.2. The number of nitrogens with zero attached hydrogens (tertiary/aromatic N) is 1. The average Bonchev–Trinajstić information content (AvgIpc) is 2.85. The number of hydrogen-bond donors (Lipinski definition) is 2. The summed E-state index contributed by atoms with van der Waals surface area (Å²) >= 11 is 0. The van der Waals surface area contributed by atoms with Gasteiger partial charge in [-0.15, -0.1) is 0 Å². The predicted octanol–water partition coefficient (Wildman–Crippen LogP) is 5.08.